The highest BCUT2D eigenvalue weighted by molar-refractivity contribution is 5.76. The van der Waals surface area contributed by atoms with Crippen molar-refractivity contribution >= 4 is 11.8 Å². The van der Waals surface area contributed by atoms with Gasteiger partial charge in [-0.05, 0) is 18.8 Å². The molecule has 2 N–H and O–H groups in total. The van der Waals surface area contributed by atoms with Gasteiger partial charge in [-0.2, -0.15) is 0 Å². The third-order valence-electron chi connectivity index (χ3n) is 2.51. The molecule has 1 atom stereocenters. The fraction of sp³-hybridized carbons (Fsp3) is 0.583. The first-order valence-electron chi connectivity index (χ1n) is 5.94. The van der Waals surface area contributed by atoms with Crippen LogP contribution in [0.4, 0.5) is 10.2 Å². The highest BCUT2D eigenvalue weighted by Gasteiger charge is 2.21. The molecule has 1 rings (SSSR count). The molecule has 1 heterocycles. The van der Waals surface area contributed by atoms with Crippen molar-refractivity contribution in [1.82, 2.24) is 9.97 Å². The maximum atomic E-state index is 13.9. The summed E-state index contributed by atoms with van der Waals surface area (Å²) >= 11 is 0. The Morgan fingerprint density at radius 1 is 1.50 bits per heavy atom. The second-order valence-electron chi connectivity index (χ2n) is 4.50. The van der Waals surface area contributed by atoms with Crippen LogP contribution in [0.5, 0.6) is 0 Å². The molecule has 0 spiro atoms. The van der Waals surface area contributed by atoms with Crippen LogP contribution in [0.3, 0.4) is 0 Å². The summed E-state index contributed by atoms with van der Waals surface area (Å²) in [5, 5.41) is 11.7. The monoisotopic (exact) mass is 255 g/mol. The fourth-order valence-electron chi connectivity index (χ4n) is 1.61. The third kappa shape index (κ3) is 3.65. The Labute approximate surface area is 105 Å². The first-order chi connectivity index (χ1) is 8.45. The van der Waals surface area contributed by atoms with E-state index in [2.05, 4.69) is 15.3 Å². The molecule has 0 amide bonds. The first kappa shape index (κ1) is 14.3. The number of aromatic nitrogens is 2. The lowest BCUT2D eigenvalue weighted by Gasteiger charge is -2.17. The van der Waals surface area contributed by atoms with Crippen LogP contribution in [0.25, 0.3) is 0 Å². The molecular weight excluding hydrogens is 237 g/mol. The van der Waals surface area contributed by atoms with Crippen LogP contribution in [-0.2, 0) is 11.2 Å². The normalized spacial score (nSPS) is 12.5. The number of aliphatic carboxylic acids is 1. The average Bonchev–Trinajstić information content (AvgIpc) is 2.30. The van der Waals surface area contributed by atoms with Gasteiger partial charge in [0.25, 0.3) is 0 Å². The molecule has 0 unspecified atom stereocenters. The maximum Gasteiger partial charge on any atom is 0.326 e. The lowest BCUT2D eigenvalue weighted by atomic mass is 10.0. The van der Waals surface area contributed by atoms with Crippen molar-refractivity contribution < 1.29 is 14.3 Å². The van der Waals surface area contributed by atoms with E-state index < -0.39 is 17.8 Å². The number of halogens is 1. The molecule has 1 aromatic rings. The van der Waals surface area contributed by atoms with Crippen molar-refractivity contribution in [2.24, 2.45) is 5.92 Å². The van der Waals surface area contributed by atoms with E-state index in [0.29, 0.717) is 12.8 Å². The molecule has 0 bridgehead atoms. The van der Waals surface area contributed by atoms with Crippen LogP contribution in [0.15, 0.2) is 6.33 Å². The van der Waals surface area contributed by atoms with Crippen molar-refractivity contribution in [2.45, 2.75) is 39.7 Å². The Balaban J connectivity index is 2.90. The molecule has 0 aromatic carbocycles. The lowest BCUT2D eigenvalue weighted by Crippen LogP contribution is -2.31. The molecule has 0 aliphatic carbocycles. The highest BCUT2D eigenvalue weighted by Crippen LogP contribution is 2.16. The minimum Gasteiger partial charge on any atom is -0.480 e. The molecule has 0 radical (unpaired) electrons. The van der Waals surface area contributed by atoms with Crippen molar-refractivity contribution in [3.05, 3.63) is 17.8 Å². The largest absolute Gasteiger partial charge is 0.480 e. The zero-order valence-electron chi connectivity index (χ0n) is 10.8. The smallest absolute Gasteiger partial charge is 0.326 e. The molecule has 0 aliphatic heterocycles. The van der Waals surface area contributed by atoms with Gasteiger partial charge in [0.1, 0.15) is 12.4 Å². The van der Waals surface area contributed by atoms with Crippen LogP contribution in [0, 0.1) is 11.7 Å². The van der Waals surface area contributed by atoms with E-state index in [1.807, 2.05) is 13.8 Å². The van der Waals surface area contributed by atoms with E-state index in [1.165, 1.54) is 6.33 Å². The number of hydrogen-bond acceptors (Lipinski definition) is 4. The van der Waals surface area contributed by atoms with Crippen LogP contribution < -0.4 is 5.32 Å². The quantitative estimate of drug-likeness (QED) is 0.814. The predicted octanol–water partition coefficient (Wildman–Crippen LogP) is 2.09. The van der Waals surface area contributed by atoms with E-state index in [4.69, 9.17) is 5.11 Å². The minimum atomic E-state index is -1.01. The summed E-state index contributed by atoms with van der Waals surface area (Å²) in [5.74, 6) is -1.45. The first-order valence-corrected chi connectivity index (χ1v) is 5.94. The Hall–Kier alpha value is -1.72. The topological polar surface area (TPSA) is 75.1 Å². The molecule has 0 aliphatic rings. The van der Waals surface area contributed by atoms with Crippen LogP contribution in [0.1, 0.15) is 32.9 Å². The van der Waals surface area contributed by atoms with Crippen LogP contribution >= 0.6 is 0 Å². The Bertz CT molecular complexity index is 424. The van der Waals surface area contributed by atoms with Crippen molar-refractivity contribution in [2.75, 3.05) is 5.32 Å². The summed E-state index contributed by atoms with van der Waals surface area (Å²) in [6.45, 7) is 5.59. The number of anilines is 1. The number of aryl methyl sites for hydroxylation is 1. The SMILES string of the molecule is CCc1ncnc(N[C@H](CC(C)C)C(=O)O)c1F. The van der Waals surface area contributed by atoms with Gasteiger partial charge in [0, 0.05) is 0 Å². The van der Waals surface area contributed by atoms with Gasteiger partial charge < -0.3 is 10.4 Å². The third-order valence-corrected chi connectivity index (χ3v) is 2.51. The standard InChI is InChI=1S/C12H18FN3O2/c1-4-8-10(13)11(15-6-14-8)16-9(12(17)18)5-7(2)3/h6-7,9H,4-5H2,1-3H3,(H,17,18)(H,14,15,16)/t9-/m1/s1. The molecular formula is C12H18FN3O2. The van der Waals surface area contributed by atoms with Gasteiger partial charge in [0.2, 0.25) is 0 Å². The van der Waals surface area contributed by atoms with Gasteiger partial charge in [0.05, 0.1) is 5.69 Å². The molecule has 1 aromatic heterocycles. The Morgan fingerprint density at radius 2 is 2.17 bits per heavy atom. The van der Waals surface area contributed by atoms with E-state index >= 15 is 0 Å². The fourth-order valence-corrected chi connectivity index (χ4v) is 1.61. The molecule has 0 saturated heterocycles. The molecule has 0 fully saturated rings. The van der Waals surface area contributed by atoms with Gasteiger partial charge in [-0.1, -0.05) is 20.8 Å². The Morgan fingerprint density at radius 3 is 2.67 bits per heavy atom. The average molecular weight is 255 g/mol. The summed E-state index contributed by atoms with van der Waals surface area (Å²) in [5.41, 5.74) is 0.279. The number of nitrogens with zero attached hydrogens (tertiary/aromatic N) is 2. The van der Waals surface area contributed by atoms with E-state index in [0.717, 1.165) is 0 Å². The predicted molar refractivity (Wildman–Crippen MR) is 65.9 cm³/mol. The van der Waals surface area contributed by atoms with Crippen molar-refractivity contribution in [3.8, 4) is 0 Å². The summed E-state index contributed by atoms with van der Waals surface area (Å²) in [7, 11) is 0. The number of rotatable bonds is 6. The molecule has 5 nitrogen and oxygen atoms in total. The Kier molecular flexibility index (Phi) is 5.00. The van der Waals surface area contributed by atoms with Crippen molar-refractivity contribution in [1.29, 1.82) is 0 Å². The van der Waals surface area contributed by atoms with Gasteiger partial charge in [-0.3, -0.25) is 0 Å². The second kappa shape index (κ2) is 6.28. The van der Waals surface area contributed by atoms with E-state index in [9.17, 15) is 9.18 Å². The molecule has 100 valence electrons. The highest BCUT2D eigenvalue weighted by atomic mass is 19.1. The summed E-state index contributed by atoms with van der Waals surface area (Å²) < 4.78 is 13.9. The van der Waals surface area contributed by atoms with Gasteiger partial charge in [-0.15, -0.1) is 0 Å². The number of nitrogens with one attached hydrogen (secondary N) is 1. The molecule has 0 saturated carbocycles. The van der Waals surface area contributed by atoms with Gasteiger partial charge >= 0.3 is 5.97 Å². The summed E-state index contributed by atoms with van der Waals surface area (Å²) in [6.07, 6.45) is 2.07. The summed E-state index contributed by atoms with van der Waals surface area (Å²) in [6, 6.07) is -0.848. The number of carbonyl (C=O) groups is 1. The zero-order chi connectivity index (χ0) is 13.7. The molecule has 6 heteroatoms. The van der Waals surface area contributed by atoms with E-state index in [1.54, 1.807) is 6.92 Å². The zero-order valence-corrected chi connectivity index (χ0v) is 10.8. The van der Waals surface area contributed by atoms with E-state index in [-0.39, 0.29) is 17.4 Å². The maximum absolute atomic E-state index is 13.9. The summed E-state index contributed by atoms with van der Waals surface area (Å²) in [4.78, 5) is 18.6. The minimum absolute atomic E-state index is 0.0464. The lowest BCUT2D eigenvalue weighted by molar-refractivity contribution is -0.138. The van der Waals surface area contributed by atoms with Gasteiger partial charge in [0.15, 0.2) is 11.6 Å². The second-order valence-corrected chi connectivity index (χ2v) is 4.50. The number of hydrogen-bond donors (Lipinski definition) is 2. The number of carboxylic acids is 1. The van der Waals surface area contributed by atoms with Crippen LogP contribution in [-0.4, -0.2) is 27.1 Å². The van der Waals surface area contributed by atoms with Crippen molar-refractivity contribution in [3.63, 3.8) is 0 Å². The van der Waals surface area contributed by atoms with Gasteiger partial charge in [-0.25, -0.2) is 19.2 Å². The van der Waals surface area contributed by atoms with Crippen LogP contribution in [0.2, 0.25) is 0 Å². The number of carboxylic acid groups (broad SMARTS) is 1. The molecule has 18 heavy (non-hydrogen) atoms.